The van der Waals surface area contributed by atoms with Crippen molar-refractivity contribution in [3.8, 4) is 17.2 Å². The maximum atomic E-state index is 9.58. The van der Waals surface area contributed by atoms with Gasteiger partial charge in [0.15, 0.2) is 0 Å². The van der Waals surface area contributed by atoms with E-state index in [0.29, 0.717) is 0 Å². The Balaban J connectivity index is 1.77. The summed E-state index contributed by atoms with van der Waals surface area (Å²) in [6.45, 7) is 2.24. The van der Waals surface area contributed by atoms with E-state index in [0.717, 1.165) is 36.0 Å². The molecule has 130 valence electrons. The van der Waals surface area contributed by atoms with Crippen molar-refractivity contribution in [1.82, 2.24) is 0 Å². The van der Waals surface area contributed by atoms with Crippen LogP contribution in [0, 0.1) is 11.3 Å². The fourth-order valence-corrected chi connectivity index (χ4v) is 3.40. The molecule has 1 heteroatoms. The predicted molar refractivity (Wildman–Crippen MR) is 109 cm³/mol. The average Bonchev–Trinajstić information content (AvgIpc) is 2.71. The third-order valence-corrected chi connectivity index (χ3v) is 4.89. The first-order chi connectivity index (χ1) is 12.8. The summed E-state index contributed by atoms with van der Waals surface area (Å²) >= 11 is 0. The average molecular weight is 339 g/mol. The monoisotopic (exact) mass is 339 g/mol. The molecular formula is C25H25N. The summed E-state index contributed by atoms with van der Waals surface area (Å²) in [6.07, 6.45) is 5.60. The van der Waals surface area contributed by atoms with Crippen LogP contribution in [0.25, 0.3) is 11.1 Å². The lowest BCUT2D eigenvalue weighted by Gasteiger charge is -2.11. The molecule has 0 spiro atoms. The summed E-state index contributed by atoms with van der Waals surface area (Å²) < 4.78 is 0. The third kappa shape index (κ3) is 4.41. The van der Waals surface area contributed by atoms with Gasteiger partial charge in [-0.25, -0.2) is 0 Å². The molecule has 0 aliphatic rings. The van der Waals surface area contributed by atoms with Gasteiger partial charge < -0.3 is 0 Å². The number of unbranched alkanes of at least 4 members (excludes halogenated alkanes) is 1. The molecule has 3 aromatic carbocycles. The zero-order valence-electron chi connectivity index (χ0n) is 15.4. The van der Waals surface area contributed by atoms with Crippen LogP contribution < -0.4 is 0 Å². The molecule has 0 unspecified atom stereocenters. The molecule has 3 rings (SSSR count). The van der Waals surface area contributed by atoms with Crippen molar-refractivity contribution in [2.45, 2.75) is 39.0 Å². The minimum Gasteiger partial charge on any atom is -0.192 e. The van der Waals surface area contributed by atoms with Crippen molar-refractivity contribution in [3.63, 3.8) is 0 Å². The maximum Gasteiger partial charge on any atom is 0.0998 e. The first-order valence-electron chi connectivity index (χ1n) is 9.47. The molecular weight excluding hydrogens is 314 g/mol. The smallest absolute Gasteiger partial charge is 0.0998 e. The van der Waals surface area contributed by atoms with Gasteiger partial charge in [0.25, 0.3) is 0 Å². The van der Waals surface area contributed by atoms with Gasteiger partial charge in [-0.05, 0) is 59.6 Å². The van der Waals surface area contributed by atoms with Gasteiger partial charge in [-0.15, -0.1) is 0 Å². The van der Waals surface area contributed by atoms with Crippen molar-refractivity contribution in [2.75, 3.05) is 0 Å². The minimum atomic E-state index is 0.757. The number of nitrogens with zero attached hydrogens (tertiary/aromatic N) is 1. The highest BCUT2D eigenvalue weighted by atomic mass is 14.2. The summed E-state index contributed by atoms with van der Waals surface area (Å²) in [4.78, 5) is 0. The SMILES string of the molecule is CCCCc1ccccc1CCc1ccc(-c2ccccc2)c(C#N)c1. The summed E-state index contributed by atoms with van der Waals surface area (Å²) in [7, 11) is 0. The Bertz CT molecular complexity index is 888. The second kappa shape index (κ2) is 9.02. The van der Waals surface area contributed by atoms with Crippen molar-refractivity contribution in [1.29, 1.82) is 5.26 Å². The van der Waals surface area contributed by atoms with E-state index >= 15 is 0 Å². The fourth-order valence-electron chi connectivity index (χ4n) is 3.40. The molecule has 0 aliphatic heterocycles. The van der Waals surface area contributed by atoms with Gasteiger partial charge in [-0.1, -0.05) is 80.1 Å². The van der Waals surface area contributed by atoms with E-state index in [1.807, 2.05) is 18.2 Å². The highest BCUT2D eigenvalue weighted by Gasteiger charge is 2.07. The van der Waals surface area contributed by atoms with Crippen molar-refractivity contribution in [3.05, 3.63) is 95.1 Å². The van der Waals surface area contributed by atoms with Crippen LogP contribution >= 0.6 is 0 Å². The van der Waals surface area contributed by atoms with Gasteiger partial charge in [0.2, 0.25) is 0 Å². The van der Waals surface area contributed by atoms with Crippen LogP contribution in [-0.4, -0.2) is 0 Å². The molecule has 0 fully saturated rings. The number of rotatable bonds is 7. The van der Waals surface area contributed by atoms with Gasteiger partial charge in [-0.2, -0.15) is 5.26 Å². The Morgan fingerprint density at radius 1 is 0.769 bits per heavy atom. The standard InChI is InChI=1S/C25H25N/c1-2-3-9-21-10-7-8-11-22(21)16-14-20-15-17-25(24(18-20)19-26)23-12-5-4-6-13-23/h4-8,10-13,15,17-18H,2-3,9,14,16H2,1H3. The Morgan fingerprint density at radius 3 is 2.15 bits per heavy atom. The van der Waals surface area contributed by atoms with Crippen LogP contribution in [0.3, 0.4) is 0 Å². The van der Waals surface area contributed by atoms with Gasteiger partial charge in [0, 0.05) is 0 Å². The second-order valence-corrected chi connectivity index (χ2v) is 6.73. The minimum absolute atomic E-state index is 0.757. The summed E-state index contributed by atoms with van der Waals surface area (Å²) in [6, 6.07) is 27.6. The second-order valence-electron chi connectivity index (χ2n) is 6.73. The Labute approximate surface area is 156 Å². The van der Waals surface area contributed by atoms with Gasteiger partial charge in [0.1, 0.15) is 0 Å². The van der Waals surface area contributed by atoms with Gasteiger partial charge in [-0.3, -0.25) is 0 Å². The van der Waals surface area contributed by atoms with Crippen molar-refractivity contribution < 1.29 is 0 Å². The topological polar surface area (TPSA) is 23.8 Å². The van der Waals surface area contributed by atoms with Crippen LogP contribution in [0.5, 0.6) is 0 Å². The van der Waals surface area contributed by atoms with Crippen LogP contribution in [-0.2, 0) is 19.3 Å². The predicted octanol–water partition coefficient (Wildman–Crippen LogP) is 6.35. The number of aryl methyl sites for hydroxylation is 3. The van der Waals surface area contributed by atoms with E-state index < -0.39 is 0 Å². The van der Waals surface area contributed by atoms with E-state index in [1.54, 1.807) is 0 Å². The van der Waals surface area contributed by atoms with Crippen LogP contribution in [0.2, 0.25) is 0 Å². The highest BCUT2D eigenvalue weighted by molar-refractivity contribution is 5.70. The Hall–Kier alpha value is -2.85. The molecule has 0 aromatic heterocycles. The number of hydrogen-bond acceptors (Lipinski definition) is 1. The van der Waals surface area contributed by atoms with E-state index in [9.17, 15) is 5.26 Å². The zero-order chi connectivity index (χ0) is 18.2. The molecule has 0 bridgehead atoms. The number of nitriles is 1. The fraction of sp³-hybridized carbons (Fsp3) is 0.240. The lowest BCUT2D eigenvalue weighted by atomic mass is 9.94. The lowest BCUT2D eigenvalue weighted by molar-refractivity contribution is 0.782. The molecule has 0 radical (unpaired) electrons. The lowest BCUT2D eigenvalue weighted by Crippen LogP contribution is -1.98. The summed E-state index contributed by atoms with van der Waals surface area (Å²) in [5, 5.41) is 9.58. The number of benzene rings is 3. The molecule has 0 N–H and O–H groups in total. The molecule has 0 saturated carbocycles. The third-order valence-electron chi connectivity index (χ3n) is 4.89. The molecule has 0 heterocycles. The summed E-state index contributed by atoms with van der Waals surface area (Å²) in [5.74, 6) is 0. The molecule has 0 saturated heterocycles. The quantitative estimate of drug-likeness (QED) is 0.492. The highest BCUT2D eigenvalue weighted by Crippen LogP contribution is 2.25. The largest absolute Gasteiger partial charge is 0.192 e. The first kappa shape index (κ1) is 18.0. The van der Waals surface area contributed by atoms with Crippen molar-refractivity contribution >= 4 is 0 Å². The van der Waals surface area contributed by atoms with Gasteiger partial charge in [0.05, 0.1) is 11.6 Å². The zero-order valence-corrected chi connectivity index (χ0v) is 15.4. The van der Waals surface area contributed by atoms with Crippen molar-refractivity contribution in [2.24, 2.45) is 0 Å². The molecule has 0 atom stereocenters. The van der Waals surface area contributed by atoms with Crippen LogP contribution in [0.1, 0.15) is 42.0 Å². The Kier molecular flexibility index (Phi) is 6.23. The summed E-state index contributed by atoms with van der Waals surface area (Å²) in [5.41, 5.74) is 7.00. The Morgan fingerprint density at radius 2 is 1.46 bits per heavy atom. The maximum absolute atomic E-state index is 9.58. The molecule has 1 nitrogen and oxygen atoms in total. The molecule has 3 aromatic rings. The van der Waals surface area contributed by atoms with E-state index in [-0.39, 0.29) is 0 Å². The van der Waals surface area contributed by atoms with Crippen LogP contribution in [0.4, 0.5) is 0 Å². The first-order valence-corrected chi connectivity index (χ1v) is 9.47. The number of hydrogen-bond donors (Lipinski definition) is 0. The molecule has 26 heavy (non-hydrogen) atoms. The normalized spacial score (nSPS) is 10.5. The molecule has 0 aliphatic carbocycles. The van der Waals surface area contributed by atoms with Crippen LogP contribution in [0.15, 0.2) is 72.8 Å². The van der Waals surface area contributed by atoms with Gasteiger partial charge >= 0.3 is 0 Å². The van der Waals surface area contributed by atoms with E-state index in [4.69, 9.17) is 0 Å². The van der Waals surface area contributed by atoms with E-state index in [2.05, 4.69) is 67.6 Å². The molecule has 0 amide bonds. The van der Waals surface area contributed by atoms with E-state index in [1.165, 1.54) is 29.5 Å².